The Morgan fingerprint density at radius 2 is 2.14 bits per heavy atom. The van der Waals surface area contributed by atoms with E-state index in [0.717, 1.165) is 44.3 Å². The van der Waals surface area contributed by atoms with Crippen LogP contribution < -0.4 is 0 Å². The lowest BCUT2D eigenvalue weighted by atomic mass is 9.81. The second kappa shape index (κ2) is 5.68. The molecule has 0 bridgehead atoms. The van der Waals surface area contributed by atoms with Gasteiger partial charge in [-0.1, -0.05) is 18.6 Å². The highest BCUT2D eigenvalue weighted by Crippen LogP contribution is 2.48. The fraction of sp³-hybridized carbons (Fsp3) is 0.562. The van der Waals surface area contributed by atoms with Crippen LogP contribution >= 0.6 is 0 Å². The predicted octanol–water partition coefficient (Wildman–Crippen LogP) is 2.32. The number of nitro benzene ring substituents is 1. The predicted molar refractivity (Wildman–Crippen MR) is 80.7 cm³/mol. The number of benzene rings is 1. The van der Waals surface area contributed by atoms with E-state index < -0.39 is 16.3 Å². The Labute approximate surface area is 128 Å². The molecule has 1 saturated heterocycles. The number of carboxylic acids is 1. The molecule has 1 saturated carbocycles. The van der Waals surface area contributed by atoms with Gasteiger partial charge in [-0.05, 0) is 30.7 Å². The van der Waals surface area contributed by atoms with Gasteiger partial charge in [-0.2, -0.15) is 0 Å². The lowest BCUT2D eigenvalue weighted by Gasteiger charge is -2.23. The van der Waals surface area contributed by atoms with E-state index in [9.17, 15) is 20.0 Å². The quantitative estimate of drug-likeness (QED) is 0.666. The van der Waals surface area contributed by atoms with E-state index in [2.05, 4.69) is 4.90 Å². The third kappa shape index (κ3) is 2.59. The van der Waals surface area contributed by atoms with Crippen molar-refractivity contribution in [3.63, 3.8) is 0 Å². The van der Waals surface area contributed by atoms with E-state index in [1.54, 1.807) is 12.1 Å². The van der Waals surface area contributed by atoms with Crippen molar-refractivity contribution in [2.45, 2.75) is 25.7 Å². The lowest BCUT2D eigenvalue weighted by molar-refractivity contribution is -0.384. The zero-order valence-electron chi connectivity index (χ0n) is 12.4. The van der Waals surface area contributed by atoms with Crippen molar-refractivity contribution in [3.8, 4) is 0 Å². The van der Waals surface area contributed by atoms with Crippen molar-refractivity contribution in [1.29, 1.82) is 0 Å². The molecule has 0 unspecified atom stereocenters. The summed E-state index contributed by atoms with van der Waals surface area (Å²) in [6.07, 6.45) is 3.62. The van der Waals surface area contributed by atoms with Crippen molar-refractivity contribution < 1.29 is 14.8 Å². The molecule has 6 nitrogen and oxygen atoms in total. The summed E-state index contributed by atoms with van der Waals surface area (Å²) in [6, 6.07) is 6.60. The Morgan fingerprint density at radius 1 is 1.41 bits per heavy atom. The maximum absolute atomic E-state index is 11.6. The first kappa shape index (κ1) is 15.0. The van der Waals surface area contributed by atoms with Crippen molar-refractivity contribution >= 4 is 11.7 Å². The number of hydrogen-bond acceptors (Lipinski definition) is 4. The molecule has 1 aromatic rings. The van der Waals surface area contributed by atoms with Crippen LogP contribution in [0, 0.1) is 21.4 Å². The van der Waals surface area contributed by atoms with Gasteiger partial charge in [0.15, 0.2) is 0 Å². The molecule has 1 aromatic carbocycles. The first-order chi connectivity index (χ1) is 10.5. The number of nitro groups is 1. The molecule has 0 aromatic heterocycles. The number of aliphatic carboxylic acids is 1. The van der Waals surface area contributed by atoms with Crippen LogP contribution in [0.1, 0.15) is 24.8 Å². The second-order valence-corrected chi connectivity index (χ2v) is 6.46. The molecule has 1 N–H and O–H groups in total. The van der Waals surface area contributed by atoms with E-state index in [1.807, 2.05) is 0 Å². The number of fused-ring (bicyclic) bond motifs is 1. The van der Waals surface area contributed by atoms with E-state index in [0.29, 0.717) is 6.54 Å². The topological polar surface area (TPSA) is 83.7 Å². The molecule has 22 heavy (non-hydrogen) atoms. The van der Waals surface area contributed by atoms with Crippen LogP contribution in [0.4, 0.5) is 5.69 Å². The molecule has 2 fully saturated rings. The molecular weight excluding hydrogens is 284 g/mol. The Balaban J connectivity index is 1.59. The number of carbonyl (C=O) groups is 1. The SMILES string of the molecule is O=C(O)[C@@]12CCC[C@H]1CN(CCc1ccc([N+](=O)[O-])cc1)C2. The Morgan fingerprint density at radius 3 is 2.73 bits per heavy atom. The van der Waals surface area contributed by atoms with Gasteiger partial charge in [0.05, 0.1) is 10.3 Å². The standard InChI is InChI=1S/C16H20N2O4/c19-15(20)16-8-1-2-13(16)10-17(11-16)9-7-12-3-5-14(6-4-12)18(21)22/h3-6,13H,1-2,7-11H2,(H,19,20)/t13-,16+/m0/s1. The zero-order valence-corrected chi connectivity index (χ0v) is 12.4. The van der Waals surface area contributed by atoms with Crippen molar-refractivity contribution in [3.05, 3.63) is 39.9 Å². The molecule has 0 radical (unpaired) electrons. The number of non-ortho nitro benzene ring substituents is 1. The maximum atomic E-state index is 11.6. The highest BCUT2D eigenvalue weighted by atomic mass is 16.6. The maximum Gasteiger partial charge on any atom is 0.311 e. The van der Waals surface area contributed by atoms with E-state index in [-0.39, 0.29) is 11.6 Å². The number of likely N-dealkylation sites (tertiary alicyclic amines) is 1. The summed E-state index contributed by atoms with van der Waals surface area (Å²) in [5.74, 6) is -0.366. The summed E-state index contributed by atoms with van der Waals surface area (Å²) in [5.41, 5.74) is 0.617. The Hall–Kier alpha value is -1.95. The second-order valence-electron chi connectivity index (χ2n) is 6.46. The largest absolute Gasteiger partial charge is 0.481 e. The van der Waals surface area contributed by atoms with Gasteiger partial charge < -0.3 is 10.0 Å². The average Bonchev–Trinajstić information content (AvgIpc) is 3.03. The minimum Gasteiger partial charge on any atom is -0.481 e. The summed E-state index contributed by atoms with van der Waals surface area (Å²) in [7, 11) is 0. The fourth-order valence-electron chi connectivity index (χ4n) is 3.98. The van der Waals surface area contributed by atoms with E-state index in [1.165, 1.54) is 12.1 Å². The van der Waals surface area contributed by atoms with E-state index >= 15 is 0 Å². The van der Waals surface area contributed by atoms with Crippen LogP contribution in [0.5, 0.6) is 0 Å². The summed E-state index contributed by atoms with van der Waals surface area (Å²) < 4.78 is 0. The Kier molecular flexibility index (Phi) is 3.87. The number of nitrogens with zero attached hydrogens (tertiary/aromatic N) is 2. The average molecular weight is 304 g/mol. The van der Waals surface area contributed by atoms with Gasteiger partial charge in [-0.25, -0.2) is 0 Å². The van der Waals surface area contributed by atoms with Crippen molar-refractivity contribution in [2.24, 2.45) is 11.3 Å². The first-order valence-electron chi connectivity index (χ1n) is 7.70. The van der Waals surface area contributed by atoms with Gasteiger partial charge in [0.2, 0.25) is 0 Å². The highest BCUT2D eigenvalue weighted by molar-refractivity contribution is 5.76. The van der Waals surface area contributed by atoms with Gasteiger partial charge in [-0.3, -0.25) is 14.9 Å². The normalized spacial score (nSPS) is 27.7. The molecule has 118 valence electrons. The summed E-state index contributed by atoms with van der Waals surface area (Å²) in [6.45, 7) is 2.31. The van der Waals surface area contributed by atoms with Crippen molar-refractivity contribution in [1.82, 2.24) is 4.90 Å². The smallest absolute Gasteiger partial charge is 0.311 e. The summed E-state index contributed by atoms with van der Waals surface area (Å²) >= 11 is 0. The van der Waals surface area contributed by atoms with Gasteiger partial charge in [0.25, 0.3) is 5.69 Å². The number of hydrogen-bond donors (Lipinski definition) is 1. The van der Waals surface area contributed by atoms with Crippen LogP contribution in [0.2, 0.25) is 0 Å². The Bertz CT molecular complexity index is 586. The van der Waals surface area contributed by atoms with E-state index in [4.69, 9.17) is 0 Å². The monoisotopic (exact) mass is 304 g/mol. The third-order valence-corrected chi connectivity index (χ3v) is 5.23. The van der Waals surface area contributed by atoms with Crippen LogP contribution in [-0.4, -0.2) is 40.5 Å². The molecule has 2 aliphatic rings. The third-order valence-electron chi connectivity index (χ3n) is 5.23. The van der Waals surface area contributed by atoms with Gasteiger partial charge in [0, 0.05) is 31.8 Å². The molecular formula is C16H20N2O4. The van der Waals surface area contributed by atoms with Gasteiger partial charge in [-0.15, -0.1) is 0 Å². The molecule has 1 aliphatic carbocycles. The fourth-order valence-corrected chi connectivity index (χ4v) is 3.98. The van der Waals surface area contributed by atoms with Gasteiger partial charge in [0.1, 0.15) is 0 Å². The summed E-state index contributed by atoms with van der Waals surface area (Å²) in [5, 5.41) is 20.2. The van der Waals surface area contributed by atoms with Crippen LogP contribution in [0.3, 0.4) is 0 Å². The molecule has 1 heterocycles. The van der Waals surface area contributed by atoms with Crippen LogP contribution in [0.25, 0.3) is 0 Å². The molecule has 0 amide bonds. The highest BCUT2D eigenvalue weighted by Gasteiger charge is 2.54. The minimum absolute atomic E-state index is 0.101. The first-order valence-corrected chi connectivity index (χ1v) is 7.70. The minimum atomic E-state index is -0.646. The molecule has 2 atom stereocenters. The van der Waals surface area contributed by atoms with Crippen LogP contribution in [-0.2, 0) is 11.2 Å². The van der Waals surface area contributed by atoms with Crippen molar-refractivity contribution in [2.75, 3.05) is 19.6 Å². The number of rotatable bonds is 5. The molecule has 3 rings (SSSR count). The van der Waals surface area contributed by atoms with Crippen LogP contribution in [0.15, 0.2) is 24.3 Å². The summed E-state index contributed by atoms with van der Waals surface area (Å²) in [4.78, 5) is 24.1. The zero-order chi connectivity index (χ0) is 15.7. The number of carboxylic acid groups (broad SMARTS) is 1. The molecule has 1 aliphatic heterocycles. The molecule has 6 heteroatoms. The molecule has 0 spiro atoms. The lowest BCUT2D eigenvalue weighted by Crippen LogP contribution is -2.36. The van der Waals surface area contributed by atoms with Gasteiger partial charge >= 0.3 is 5.97 Å².